The number of rotatable bonds is 5. The monoisotopic (exact) mass is 221 g/mol. The minimum Gasteiger partial charge on any atom is -0.340 e. The third kappa shape index (κ3) is 4.26. The Kier molecular flexibility index (Phi) is 4.82. The molecule has 0 aliphatic carbocycles. The van der Waals surface area contributed by atoms with Gasteiger partial charge in [-0.2, -0.15) is 4.98 Å². The van der Waals surface area contributed by atoms with Crippen molar-refractivity contribution in [3.63, 3.8) is 0 Å². The number of halogens is 2. The van der Waals surface area contributed by atoms with Gasteiger partial charge in [0, 0.05) is 30.1 Å². The second-order valence-corrected chi connectivity index (χ2v) is 3.02. The maximum atomic E-state index is 5.64. The molecule has 0 amide bonds. The van der Waals surface area contributed by atoms with Gasteiger partial charge in [-0.25, -0.2) is 0 Å². The predicted molar refractivity (Wildman–Crippen MR) is 50.7 cm³/mol. The van der Waals surface area contributed by atoms with Crippen LogP contribution in [0.4, 0.5) is 0 Å². The molecule has 0 bridgehead atoms. The first-order valence-corrected chi connectivity index (χ1v) is 4.55. The second kappa shape index (κ2) is 5.96. The summed E-state index contributed by atoms with van der Waals surface area (Å²) >= 11 is 11.0. The van der Waals surface area contributed by atoms with Gasteiger partial charge in [0.25, 0.3) is 0 Å². The molecule has 1 N–H and O–H groups in total. The van der Waals surface area contributed by atoms with Gasteiger partial charge < -0.3 is 9.84 Å². The summed E-state index contributed by atoms with van der Waals surface area (Å²) in [5, 5.41) is 7.12. The topological polar surface area (TPSA) is 51.0 Å². The van der Waals surface area contributed by atoms with Crippen LogP contribution in [-0.4, -0.2) is 23.2 Å². The third-order valence-corrected chi connectivity index (χ3v) is 1.95. The number of nitrogens with one attached hydrogen (secondary N) is 1. The van der Waals surface area contributed by atoms with E-state index in [0.29, 0.717) is 23.9 Å². The molecular formula is C7H9Cl2N3O. The van der Waals surface area contributed by atoms with Crippen LogP contribution in [0.1, 0.15) is 5.89 Å². The Balaban J connectivity index is 2.08. The molecule has 4 nitrogen and oxygen atoms in total. The van der Waals surface area contributed by atoms with Gasteiger partial charge in [0.2, 0.25) is 5.89 Å². The van der Waals surface area contributed by atoms with Crippen molar-refractivity contribution in [1.29, 1.82) is 0 Å². The van der Waals surface area contributed by atoms with Crippen molar-refractivity contribution in [1.82, 2.24) is 15.5 Å². The largest absolute Gasteiger partial charge is 0.340 e. The number of aromatic nitrogens is 2. The molecule has 1 rings (SSSR count). The predicted octanol–water partition coefficient (Wildman–Crippen LogP) is 1.52. The van der Waals surface area contributed by atoms with Crippen LogP contribution < -0.4 is 5.32 Å². The van der Waals surface area contributed by atoms with Gasteiger partial charge in [-0.15, -0.1) is 0 Å². The summed E-state index contributed by atoms with van der Waals surface area (Å²) in [6, 6.07) is 0. The van der Waals surface area contributed by atoms with Crippen molar-refractivity contribution in [2.24, 2.45) is 0 Å². The van der Waals surface area contributed by atoms with Crippen molar-refractivity contribution in [3.8, 4) is 0 Å². The molecule has 0 aromatic carbocycles. The van der Waals surface area contributed by atoms with Crippen LogP contribution in [0, 0.1) is 0 Å². The average molecular weight is 222 g/mol. The van der Waals surface area contributed by atoms with E-state index in [1.165, 1.54) is 11.9 Å². The fourth-order valence-electron chi connectivity index (χ4n) is 0.748. The standard InChI is InChI=1S/C7H9Cl2N3O/c8-3-6(9)4-10-2-1-7-11-5-12-13-7/h3,5,10H,1-2,4H2/b6-3+. The number of hydrogen-bond donors (Lipinski definition) is 1. The highest BCUT2D eigenvalue weighted by molar-refractivity contribution is 6.36. The van der Waals surface area contributed by atoms with E-state index in [1.54, 1.807) is 0 Å². The van der Waals surface area contributed by atoms with Crippen LogP contribution in [0.25, 0.3) is 0 Å². The first kappa shape index (κ1) is 10.5. The summed E-state index contributed by atoms with van der Waals surface area (Å²) in [6.07, 6.45) is 2.06. The van der Waals surface area contributed by atoms with Gasteiger partial charge in [-0.3, -0.25) is 0 Å². The first-order valence-electron chi connectivity index (χ1n) is 3.74. The van der Waals surface area contributed by atoms with Crippen LogP contribution in [0.2, 0.25) is 0 Å². The van der Waals surface area contributed by atoms with Crippen LogP contribution in [-0.2, 0) is 6.42 Å². The van der Waals surface area contributed by atoms with E-state index < -0.39 is 0 Å². The maximum Gasteiger partial charge on any atom is 0.227 e. The van der Waals surface area contributed by atoms with Crippen LogP contribution in [0.15, 0.2) is 21.4 Å². The molecule has 0 saturated heterocycles. The SMILES string of the molecule is Cl/C=C(/Cl)CNCCc1ncno1. The summed E-state index contributed by atoms with van der Waals surface area (Å²) in [5.74, 6) is 0.610. The summed E-state index contributed by atoms with van der Waals surface area (Å²) in [4.78, 5) is 3.86. The maximum absolute atomic E-state index is 5.64. The molecule has 0 spiro atoms. The van der Waals surface area contributed by atoms with Gasteiger partial charge in [0.05, 0.1) is 0 Å². The molecular weight excluding hydrogens is 213 g/mol. The quantitative estimate of drug-likeness (QED) is 0.767. The zero-order chi connectivity index (χ0) is 9.52. The Bertz CT molecular complexity index is 261. The van der Waals surface area contributed by atoms with Crippen molar-refractivity contribution in [2.75, 3.05) is 13.1 Å². The smallest absolute Gasteiger partial charge is 0.227 e. The molecule has 0 fully saturated rings. The van der Waals surface area contributed by atoms with E-state index >= 15 is 0 Å². The molecule has 0 radical (unpaired) electrons. The number of hydrogen-bond acceptors (Lipinski definition) is 4. The Morgan fingerprint density at radius 2 is 2.54 bits per heavy atom. The molecule has 0 saturated carbocycles. The van der Waals surface area contributed by atoms with Crippen molar-refractivity contribution in [2.45, 2.75) is 6.42 Å². The van der Waals surface area contributed by atoms with E-state index in [2.05, 4.69) is 15.5 Å². The molecule has 0 aliphatic heterocycles. The lowest BCUT2D eigenvalue weighted by molar-refractivity contribution is 0.375. The average Bonchev–Trinajstić information content (AvgIpc) is 2.64. The van der Waals surface area contributed by atoms with E-state index in [9.17, 15) is 0 Å². The fourth-order valence-corrected chi connectivity index (χ4v) is 0.919. The van der Waals surface area contributed by atoms with Crippen LogP contribution in [0.3, 0.4) is 0 Å². The lowest BCUT2D eigenvalue weighted by atomic mass is 10.4. The molecule has 1 heterocycles. The van der Waals surface area contributed by atoms with Crippen LogP contribution in [0.5, 0.6) is 0 Å². The van der Waals surface area contributed by atoms with E-state index in [0.717, 1.165) is 6.54 Å². The van der Waals surface area contributed by atoms with Gasteiger partial charge >= 0.3 is 0 Å². The minimum absolute atomic E-state index is 0.555. The molecule has 6 heteroatoms. The van der Waals surface area contributed by atoms with Crippen molar-refractivity contribution >= 4 is 23.2 Å². The summed E-state index contributed by atoms with van der Waals surface area (Å²) in [7, 11) is 0. The van der Waals surface area contributed by atoms with Gasteiger partial charge in [-0.05, 0) is 0 Å². The third-order valence-electron chi connectivity index (χ3n) is 1.33. The molecule has 13 heavy (non-hydrogen) atoms. The summed E-state index contributed by atoms with van der Waals surface area (Å²) in [6.45, 7) is 1.28. The van der Waals surface area contributed by atoms with Gasteiger partial charge in [0.15, 0.2) is 6.33 Å². The second-order valence-electron chi connectivity index (χ2n) is 2.32. The molecule has 0 unspecified atom stereocenters. The van der Waals surface area contributed by atoms with E-state index in [4.69, 9.17) is 27.7 Å². The minimum atomic E-state index is 0.555. The van der Waals surface area contributed by atoms with Gasteiger partial charge in [0.1, 0.15) is 0 Å². The zero-order valence-corrected chi connectivity index (χ0v) is 8.35. The highest BCUT2D eigenvalue weighted by Gasteiger charge is 1.97. The lowest BCUT2D eigenvalue weighted by Gasteiger charge is -1.99. The Hall–Kier alpha value is -0.580. The Labute approximate surface area is 85.9 Å². The highest BCUT2D eigenvalue weighted by Crippen LogP contribution is 2.00. The molecule has 0 atom stereocenters. The zero-order valence-electron chi connectivity index (χ0n) is 6.83. The Morgan fingerprint density at radius 1 is 1.69 bits per heavy atom. The summed E-state index contributed by atoms with van der Waals surface area (Å²) < 4.78 is 4.79. The highest BCUT2D eigenvalue weighted by atomic mass is 35.5. The first-order chi connectivity index (χ1) is 6.33. The Morgan fingerprint density at radius 3 is 3.15 bits per heavy atom. The molecule has 1 aromatic rings. The fraction of sp³-hybridized carbons (Fsp3) is 0.429. The summed E-state index contributed by atoms with van der Waals surface area (Å²) in [5.41, 5.74) is 1.33. The van der Waals surface area contributed by atoms with E-state index in [1.807, 2.05) is 0 Å². The lowest BCUT2D eigenvalue weighted by Crippen LogP contribution is -2.18. The van der Waals surface area contributed by atoms with E-state index in [-0.39, 0.29) is 0 Å². The molecule has 72 valence electrons. The van der Waals surface area contributed by atoms with Crippen molar-refractivity contribution in [3.05, 3.63) is 22.8 Å². The van der Waals surface area contributed by atoms with Crippen LogP contribution >= 0.6 is 23.2 Å². The molecule has 0 aliphatic rings. The molecule has 1 aromatic heterocycles. The van der Waals surface area contributed by atoms with Crippen molar-refractivity contribution < 1.29 is 4.52 Å². The van der Waals surface area contributed by atoms with Gasteiger partial charge in [-0.1, -0.05) is 28.4 Å². The normalized spacial score (nSPS) is 12.0. The number of nitrogens with zero attached hydrogens (tertiary/aromatic N) is 2.